The zero-order valence-electron chi connectivity index (χ0n) is 10.7. The molecule has 0 radical (unpaired) electrons. The van der Waals surface area contributed by atoms with Gasteiger partial charge in [-0.2, -0.15) is 0 Å². The lowest BCUT2D eigenvalue weighted by atomic mass is 9.79. The van der Waals surface area contributed by atoms with Crippen LogP contribution >= 0.6 is 27.5 Å². The maximum absolute atomic E-state index is 13.9. The van der Waals surface area contributed by atoms with Crippen molar-refractivity contribution in [3.63, 3.8) is 0 Å². The molecule has 6 heteroatoms. The van der Waals surface area contributed by atoms with E-state index < -0.39 is 24.1 Å². The van der Waals surface area contributed by atoms with E-state index in [4.69, 9.17) is 20.9 Å². The summed E-state index contributed by atoms with van der Waals surface area (Å²) in [6, 6.07) is 2.85. The van der Waals surface area contributed by atoms with Crippen LogP contribution in [0.2, 0.25) is 5.02 Å². The zero-order valence-corrected chi connectivity index (χ0v) is 13.0. The number of benzene rings is 1. The number of hydrogen-bond donors (Lipinski definition) is 0. The fourth-order valence-electron chi connectivity index (χ4n) is 1.69. The van der Waals surface area contributed by atoms with Gasteiger partial charge >= 0.3 is 7.12 Å². The molecule has 1 saturated heterocycles. The molecule has 0 bridgehead atoms. The van der Waals surface area contributed by atoms with Crippen LogP contribution in [0.4, 0.5) is 4.39 Å². The summed E-state index contributed by atoms with van der Waals surface area (Å²) in [5.41, 5.74) is -0.672. The lowest BCUT2D eigenvalue weighted by Gasteiger charge is -2.32. The molecule has 1 aliphatic rings. The molecule has 0 saturated carbocycles. The van der Waals surface area contributed by atoms with Crippen LogP contribution in [0.1, 0.15) is 27.7 Å². The van der Waals surface area contributed by atoms with Gasteiger partial charge in [0.1, 0.15) is 5.82 Å². The third-order valence-corrected chi connectivity index (χ3v) is 4.74. The van der Waals surface area contributed by atoms with Crippen molar-refractivity contribution in [1.29, 1.82) is 0 Å². The highest BCUT2D eigenvalue weighted by Gasteiger charge is 2.52. The minimum atomic E-state index is -0.736. The van der Waals surface area contributed by atoms with Crippen LogP contribution in [0.3, 0.4) is 0 Å². The van der Waals surface area contributed by atoms with Crippen LogP contribution < -0.4 is 5.46 Å². The van der Waals surface area contributed by atoms with Gasteiger partial charge in [-0.1, -0.05) is 11.6 Å². The van der Waals surface area contributed by atoms with Gasteiger partial charge in [-0.05, 0) is 55.8 Å². The Labute approximate surface area is 120 Å². The Hall–Kier alpha value is -0.0951. The molecule has 1 aromatic rings. The first-order valence-electron chi connectivity index (χ1n) is 5.64. The van der Waals surface area contributed by atoms with E-state index in [1.165, 1.54) is 12.1 Å². The minimum Gasteiger partial charge on any atom is -0.399 e. The first-order valence-corrected chi connectivity index (χ1v) is 6.81. The molecule has 1 fully saturated rings. The Morgan fingerprint density at radius 2 is 1.67 bits per heavy atom. The predicted octanol–water partition coefficient (Wildman–Crippen LogP) is 3.54. The molecule has 98 valence electrons. The normalized spacial score (nSPS) is 21.4. The Morgan fingerprint density at radius 3 is 2.17 bits per heavy atom. The van der Waals surface area contributed by atoms with Gasteiger partial charge in [-0.3, -0.25) is 0 Å². The second-order valence-corrected chi connectivity index (χ2v) is 6.64. The van der Waals surface area contributed by atoms with Gasteiger partial charge in [-0.25, -0.2) is 4.39 Å². The van der Waals surface area contributed by atoms with E-state index in [2.05, 4.69) is 15.9 Å². The van der Waals surface area contributed by atoms with Crippen LogP contribution in [0.15, 0.2) is 16.6 Å². The van der Waals surface area contributed by atoms with E-state index in [0.29, 0.717) is 15.0 Å². The lowest BCUT2D eigenvalue weighted by Crippen LogP contribution is -2.41. The zero-order chi connectivity index (χ0) is 13.7. The summed E-state index contributed by atoms with van der Waals surface area (Å²) in [6.45, 7) is 7.69. The van der Waals surface area contributed by atoms with Crippen molar-refractivity contribution >= 4 is 40.1 Å². The molecular formula is C12H14BBrClFO2. The molecule has 0 aliphatic carbocycles. The van der Waals surface area contributed by atoms with Crippen LogP contribution in [0.5, 0.6) is 0 Å². The molecule has 0 spiro atoms. The Morgan fingerprint density at radius 1 is 1.17 bits per heavy atom. The van der Waals surface area contributed by atoms with Gasteiger partial charge in [-0.15, -0.1) is 0 Å². The van der Waals surface area contributed by atoms with E-state index in [0.717, 1.165) is 0 Å². The summed E-state index contributed by atoms with van der Waals surface area (Å²) in [5, 5.41) is 0.432. The number of halogens is 3. The molecule has 2 rings (SSSR count). The maximum Gasteiger partial charge on any atom is 0.497 e. The summed E-state index contributed by atoms with van der Waals surface area (Å²) in [4.78, 5) is 0. The molecule has 2 nitrogen and oxygen atoms in total. The van der Waals surface area contributed by atoms with Crippen molar-refractivity contribution in [1.82, 2.24) is 0 Å². The minimum absolute atomic E-state index is 0.321. The highest BCUT2D eigenvalue weighted by atomic mass is 79.9. The van der Waals surface area contributed by atoms with E-state index in [-0.39, 0.29) is 0 Å². The van der Waals surface area contributed by atoms with Gasteiger partial charge in [0.15, 0.2) is 0 Å². The molecule has 18 heavy (non-hydrogen) atoms. The monoisotopic (exact) mass is 334 g/mol. The van der Waals surface area contributed by atoms with Crippen molar-refractivity contribution in [2.45, 2.75) is 38.9 Å². The summed E-state index contributed by atoms with van der Waals surface area (Å²) >= 11 is 9.16. The SMILES string of the molecule is CC1(C)OB(c2cc(Cl)c(Br)cc2F)OC1(C)C. The van der Waals surface area contributed by atoms with Crippen LogP contribution in [0.25, 0.3) is 0 Å². The van der Waals surface area contributed by atoms with E-state index in [1.807, 2.05) is 27.7 Å². The van der Waals surface area contributed by atoms with Crippen molar-refractivity contribution in [2.75, 3.05) is 0 Å². The van der Waals surface area contributed by atoms with E-state index in [1.54, 1.807) is 0 Å². The summed E-state index contributed by atoms with van der Waals surface area (Å²) in [5.74, 6) is -0.398. The number of hydrogen-bond acceptors (Lipinski definition) is 2. The van der Waals surface area contributed by atoms with Gasteiger partial charge in [0.2, 0.25) is 0 Å². The summed E-state index contributed by atoms with van der Waals surface area (Å²) < 4.78 is 26.0. The van der Waals surface area contributed by atoms with Gasteiger partial charge in [0.25, 0.3) is 0 Å². The van der Waals surface area contributed by atoms with E-state index >= 15 is 0 Å². The molecule has 0 aromatic heterocycles. The molecule has 1 heterocycles. The van der Waals surface area contributed by atoms with Gasteiger partial charge in [0.05, 0.1) is 16.2 Å². The maximum atomic E-state index is 13.9. The first kappa shape index (κ1) is 14.3. The quantitative estimate of drug-likeness (QED) is 0.577. The third kappa shape index (κ3) is 2.33. The fourth-order valence-corrected chi connectivity index (χ4v) is 2.18. The highest BCUT2D eigenvalue weighted by molar-refractivity contribution is 9.10. The predicted molar refractivity (Wildman–Crippen MR) is 74.8 cm³/mol. The standard InChI is InChI=1S/C12H14BBrClFO2/c1-11(2)12(3,4)18-13(17-11)7-5-9(15)8(14)6-10(7)16/h5-6H,1-4H3. The molecule has 0 atom stereocenters. The summed E-state index contributed by atoms with van der Waals surface area (Å²) in [6.07, 6.45) is 0. The lowest BCUT2D eigenvalue weighted by molar-refractivity contribution is 0.00578. The van der Waals surface area contributed by atoms with Crippen LogP contribution in [-0.4, -0.2) is 18.3 Å². The second-order valence-electron chi connectivity index (χ2n) is 5.38. The number of rotatable bonds is 1. The smallest absolute Gasteiger partial charge is 0.399 e. The average Bonchev–Trinajstić information content (AvgIpc) is 2.42. The van der Waals surface area contributed by atoms with Gasteiger partial charge in [0, 0.05) is 9.94 Å². The Bertz CT molecular complexity index is 477. The largest absolute Gasteiger partial charge is 0.497 e. The van der Waals surface area contributed by atoms with Crippen molar-refractivity contribution in [3.8, 4) is 0 Å². The second kappa shape index (κ2) is 4.48. The van der Waals surface area contributed by atoms with Crippen molar-refractivity contribution < 1.29 is 13.7 Å². The van der Waals surface area contributed by atoms with Crippen LogP contribution in [0, 0.1) is 5.82 Å². The average molecular weight is 335 g/mol. The summed E-state index contributed by atoms with van der Waals surface area (Å²) in [7, 11) is -0.736. The highest BCUT2D eigenvalue weighted by Crippen LogP contribution is 2.37. The van der Waals surface area contributed by atoms with Crippen molar-refractivity contribution in [3.05, 3.63) is 27.4 Å². The molecule has 1 aliphatic heterocycles. The fraction of sp³-hybridized carbons (Fsp3) is 0.500. The first-order chi connectivity index (χ1) is 8.14. The Balaban J connectivity index is 2.38. The van der Waals surface area contributed by atoms with E-state index in [9.17, 15) is 4.39 Å². The molecular weight excluding hydrogens is 321 g/mol. The van der Waals surface area contributed by atoms with Gasteiger partial charge < -0.3 is 9.31 Å². The van der Waals surface area contributed by atoms with Crippen LogP contribution in [-0.2, 0) is 9.31 Å². The third-order valence-electron chi connectivity index (χ3n) is 3.55. The molecule has 1 aromatic carbocycles. The topological polar surface area (TPSA) is 18.5 Å². The molecule has 0 amide bonds. The Kier molecular flexibility index (Phi) is 3.56. The molecule has 0 unspecified atom stereocenters. The van der Waals surface area contributed by atoms with Crippen molar-refractivity contribution in [2.24, 2.45) is 0 Å². The molecule has 0 N–H and O–H groups in total.